The van der Waals surface area contributed by atoms with Gasteiger partial charge in [-0.15, -0.1) is 0 Å². The zero-order valence-electron chi connectivity index (χ0n) is 11.3. The minimum Gasteiger partial charge on any atom is -0.378 e. The Morgan fingerprint density at radius 3 is 2.89 bits per heavy atom. The fourth-order valence-corrected chi connectivity index (χ4v) is 3.05. The van der Waals surface area contributed by atoms with Gasteiger partial charge in [0.25, 0.3) is 0 Å². The molecular weight excluding hydrogens is 281 g/mol. The number of nitrogens with one attached hydrogen (secondary N) is 1. The monoisotopic (exact) mass is 301 g/mol. The van der Waals surface area contributed by atoms with Gasteiger partial charge >= 0.3 is 0 Å². The number of hydrogen-bond acceptors (Lipinski definition) is 2. The predicted molar refractivity (Wildman–Crippen MR) is 81.1 cm³/mol. The second-order valence-electron chi connectivity index (χ2n) is 4.98. The second-order valence-corrected chi connectivity index (χ2v) is 5.76. The second kappa shape index (κ2) is 7.49. The highest BCUT2D eigenvalue weighted by atomic mass is 35.5. The molecule has 2 rings (SSSR count). The predicted octanol–water partition coefficient (Wildman–Crippen LogP) is 4.60. The van der Waals surface area contributed by atoms with Crippen LogP contribution in [0.3, 0.4) is 0 Å². The van der Waals surface area contributed by atoms with Crippen LogP contribution in [0.15, 0.2) is 18.2 Å². The van der Waals surface area contributed by atoms with Gasteiger partial charge in [-0.1, -0.05) is 42.3 Å². The molecule has 1 aromatic carbocycles. The van der Waals surface area contributed by atoms with Gasteiger partial charge in [-0.25, -0.2) is 0 Å². The third-order valence-corrected chi connectivity index (χ3v) is 4.41. The lowest BCUT2D eigenvalue weighted by atomic mass is 9.96. The van der Waals surface area contributed by atoms with E-state index in [4.69, 9.17) is 27.9 Å². The maximum atomic E-state index is 6.33. The van der Waals surface area contributed by atoms with E-state index >= 15 is 0 Å². The van der Waals surface area contributed by atoms with Crippen molar-refractivity contribution in [2.75, 3.05) is 13.2 Å². The Morgan fingerprint density at radius 2 is 2.21 bits per heavy atom. The molecule has 2 atom stereocenters. The molecule has 106 valence electrons. The molecule has 2 nitrogen and oxygen atoms in total. The number of hydrogen-bond donors (Lipinski definition) is 1. The quantitative estimate of drug-likeness (QED) is 0.858. The lowest BCUT2D eigenvalue weighted by Gasteiger charge is -2.28. The van der Waals surface area contributed by atoms with Crippen LogP contribution in [-0.4, -0.2) is 19.3 Å². The lowest BCUT2D eigenvalue weighted by Crippen LogP contribution is -2.29. The molecule has 1 aromatic rings. The van der Waals surface area contributed by atoms with Gasteiger partial charge in [0.15, 0.2) is 0 Å². The van der Waals surface area contributed by atoms with Gasteiger partial charge in [-0.05, 0) is 43.9 Å². The van der Waals surface area contributed by atoms with E-state index in [9.17, 15) is 0 Å². The fraction of sp³-hybridized carbons (Fsp3) is 0.600. The van der Waals surface area contributed by atoms with Crippen molar-refractivity contribution in [3.63, 3.8) is 0 Å². The van der Waals surface area contributed by atoms with Crippen LogP contribution >= 0.6 is 23.2 Å². The summed E-state index contributed by atoms with van der Waals surface area (Å²) < 4.78 is 5.83. The number of ether oxygens (including phenoxy) is 1. The molecule has 1 aliphatic rings. The zero-order valence-corrected chi connectivity index (χ0v) is 12.8. The van der Waals surface area contributed by atoms with E-state index in [1.54, 1.807) is 0 Å². The summed E-state index contributed by atoms with van der Waals surface area (Å²) in [5.41, 5.74) is 1.07. The first kappa shape index (κ1) is 15.1. The highest BCUT2D eigenvalue weighted by Gasteiger charge is 2.22. The average Bonchev–Trinajstić information content (AvgIpc) is 2.43. The Hall–Kier alpha value is -0.280. The molecule has 0 radical (unpaired) electrons. The average molecular weight is 302 g/mol. The van der Waals surface area contributed by atoms with E-state index in [1.165, 1.54) is 12.8 Å². The van der Waals surface area contributed by atoms with Gasteiger partial charge in [0.2, 0.25) is 0 Å². The van der Waals surface area contributed by atoms with Crippen LogP contribution in [0.1, 0.15) is 44.2 Å². The fourth-order valence-electron chi connectivity index (χ4n) is 2.61. The molecule has 1 N–H and O–H groups in total. The van der Waals surface area contributed by atoms with E-state index in [1.807, 2.05) is 18.2 Å². The van der Waals surface area contributed by atoms with Crippen molar-refractivity contribution in [1.82, 2.24) is 5.32 Å². The Morgan fingerprint density at radius 1 is 1.37 bits per heavy atom. The van der Waals surface area contributed by atoms with Gasteiger partial charge in [0, 0.05) is 12.6 Å². The highest BCUT2D eigenvalue weighted by Crippen LogP contribution is 2.33. The topological polar surface area (TPSA) is 21.3 Å². The van der Waals surface area contributed by atoms with Gasteiger partial charge in [-0.3, -0.25) is 0 Å². The summed E-state index contributed by atoms with van der Waals surface area (Å²) in [6.07, 6.45) is 4.86. The molecule has 0 amide bonds. The molecule has 0 aromatic heterocycles. The Bertz CT molecular complexity index is 405. The molecule has 2 unspecified atom stereocenters. The van der Waals surface area contributed by atoms with Crippen LogP contribution in [0, 0.1) is 0 Å². The van der Waals surface area contributed by atoms with Crippen LogP contribution in [-0.2, 0) is 4.74 Å². The van der Waals surface area contributed by atoms with Crippen LogP contribution in [0.5, 0.6) is 0 Å². The van der Waals surface area contributed by atoms with Crippen LogP contribution in [0.4, 0.5) is 0 Å². The van der Waals surface area contributed by atoms with Crippen molar-refractivity contribution in [3.8, 4) is 0 Å². The number of halogens is 2. The van der Waals surface area contributed by atoms with Crippen molar-refractivity contribution in [1.29, 1.82) is 0 Å². The molecule has 1 saturated heterocycles. The third kappa shape index (κ3) is 4.09. The summed E-state index contributed by atoms with van der Waals surface area (Å²) in [4.78, 5) is 0. The van der Waals surface area contributed by atoms with Gasteiger partial charge in [0.05, 0.1) is 16.1 Å². The van der Waals surface area contributed by atoms with Crippen LogP contribution < -0.4 is 5.32 Å². The van der Waals surface area contributed by atoms with Crippen molar-refractivity contribution >= 4 is 23.2 Å². The first-order chi connectivity index (χ1) is 9.22. The third-order valence-electron chi connectivity index (χ3n) is 3.58. The summed E-state index contributed by atoms with van der Waals surface area (Å²) in [6, 6.07) is 6.03. The zero-order chi connectivity index (χ0) is 13.7. The normalized spacial score (nSPS) is 21.3. The minimum absolute atomic E-state index is 0.208. The van der Waals surface area contributed by atoms with Gasteiger partial charge in [-0.2, -0.15) is 0 Å². The molecule has 1 fully saturated rings. The van der Waals surface area contributed by atoms with Crippen molar-refractivity contribution in [3.05, 3.63) is 33.8 Å². The Kier molecular flexibility index (Phi) is 5.96. The van der Waals surface area contributed by atoms with Gasteiger partial charge in [0.1, 0.15) is 0 Å². The molecule has 19 heavy (non-hydrogen) atoms. The van der Waals surface area contributed by atoms with E-state index in [0.717, 1.165) is 31.6 Å². The number of rotatable bonds is 5. The van der Waals surface area contributed by atoms with Crippen molar-refractivity contribution < 1.29 is 4.74 Å². The summed E-state index contributed by atoms with van der Waals surface area (Å²) in [5, 5.41) is 4.77. The first-order valence-corrected chi connectivity index (χ1v) is 7.77. The Labute approximate surface area is 125 Å². The smallest absolute Gasteiger partial charge is 0.0640 e. The van der Waals surface area contributed by atoms with E-state index < -0.39 is 0 Å². The summed E-state index contributed by atoms with van der Waals surface area (Å²) in [7, 11) is 0. The maximum absolute atomic E-state index is 6.33. The molecule has 4 heteroatoms. The van der Waals surface area contributed by atoms with Crippen LogP contribution in [0.2, 0.25) is 10.0 Å². The first-order valence-electron chi connectivity index (χ1n) is 7.01. The molecule has 1 heterocycles. The van der Waals surface area contributed by atoms with E-state index in [0.29, 0.717) is 16.1 Å². The molecule has 0 aliphatic carbocycles. The molecule has 1 aliphatic heterocycles. The minimum atomic E-state index is 0.208. The van der Waals surface area contributed by atoms with Crippen LogP contribution in [0.25, 0.3) is 0 Å². The molecule has 0 spiro atoms. The molecular formula is C15H21Cl2NO. The lowest BCUT2D eigenvalue weighted by molar-refractivity contribution is 0.00514. The summed E-state index contributed by atoms with van der Waals surface area (Å²) in [6.45, 7) is 3.89. The molecule has 0 bridgehead atoms. The molecule has 0 saturated carbocycles. The highest BCUT2D eigenvalue weighted by molar-refractivity contribution is 6.42. The standard InChI is InChI=1S/C15H21Cl2NO/c1-2-18-14(10-11-6-3-4-9-19-11)12-7-5-8-13(16)15(12)17/h5,7-8,11,14,18H,2-4,6,9-10H2,1H3. The van der Waals surface area contributed by atoms with Gasteiger partial charge < -0.3 is 10.1 Å². The van der Waals surface area contributed by atoms with E-state index in [-0.39, 0.29) is 6.04 Å². The SMILES string of the molecule is CCNC(CC1CCCCO1)c1cccc(Cl)c1Cl. The number of benzene rings is 1. The summed E-state index contributed by atoms with van der Waals surface area (Å²) >= 11 is 12.4. The van der Waals surface area contributed by atoms with E-state index in [2.05, 4.69) is 12.2 Å². The van der Waals surface area contributed by atoms with Crippen molar-refractivity contribution in [2.45, 2.75) is 44.8 Å². The largest absolute Gasteiger partial charge is 0.378 e. The van der Waals surface area contributed by atoms with Crippen molar-refractivity contribution in [2.24, 2.45) is 0 Å². The summed E-state index contributed by atoms with van der Waals surface area (Å²) in [5.74, 6) is 0. The Balaban J connectivity index is 2.11. The maximum Gasteiger partial charge on any atom is 0.0640 e.